The molecule has 0 heteroatoms. The van der Waals surface area contributed by atoms with Crippen LogP contribution in [0.2, 0.25) is 0 Å². The van der Waals surface area contributed by atoms with Crippen LogP contribution < -0.4 is 0 Å². The van der Waals surface area contributed by atoms with Crippen LogP contribution in [0.15, 0.2) is 36.4 Å². The molecule has 3 aliphatic carbocycles. The largest absolute Gasteiger partial charge is 0.0651 e. The molecule has 3 aliphatic rings. The molecule has 0 spiro atoms. The van der Waals surface area contributed by atoms with Crippen molar-refractivity contribution in [3.8, 4) is 11.1 Å². The minimum absolute atomic E-state index is 0.917. The Bertz CT molecular complexity index is 875. The van der Waals surface area contributed by atoms with Gasteiger partial charge in [0.05, 0.1) is 0 Å². The Balaban J connectivity index is 1.13. The third kappa shape index (κ3) is 4.79. The molecule has 0 N–H and O–H groups in total. The first-order valence-corrected chi connectivity index (χ1v) is 13.5. The van der Waals surface area contributed by atoms with Gasteiger partial charge in [-0.05, 0) is 95.6 Å². The first kappa shape index (κ1) is 21.3. The zero-order chi connectivity index (χ0) is 21.2. The lowest BCUT2D eigenvalue weighted by Crippen LogP contribution is -2.21. The van der Waals surface area contributed by atoms with E-state index in [4.69, 9.17) is 0 Å². The topological polar surface area (TPSA) is 0 Å². The summed E-state index contributed by atoms with van der Waals surface area (Å²) in [7, 11) is 0. The summed E-state index contributed by atoms with van der Waals surface area (Å²) in [5, 5.41) is 0. The molecule has 31 heavy (non-hydrogen) atoms. The predicted octanol–water partition coefficient (Wildman–Crippen LogP) is 8.78. The molecule has 0 radical (unpaired) electrons. The highest BCUT2D eigenvalue weighted by atomic mass is 14.3. The Labute approximate surface area is 190 Å². The fourth-order valence-electron chi connectivity index (χ4n) is 7.02. The average molecular weight is 415 g/mol. The van der Waals surface area contributed by atoms with Gasteiger partial charge in [0, 0.05) is 0 Å². The van der Waals surface area contributed by atoms with Crippen LogP contribution in [-0.4, -0.2) is 0 Å². The number of hydrogen-bond acceptors (Lipinski definition) is 0. The van der Waals surface area contributed by atoms with Crippen molar-refractivity contribution in [2.45, 2.75) is 97.3 Å². The Morgan fingerprint density at radius 3 is 1.71 bits per heavy atom. The minimum atomic E-state index is 0.917. The molecule has 2 aromatic carbocycles. The fraction of sp³-hybridized carbons (Fsp3) is 0.613. The molecule has 0 unspecified atom stereocenters. The van der Waals surface area contributed by atoms with Gasteiger partial charge in [0.15, 0.2) is 0 Å². The van der Waals surface area contributed by atoms with Crippen molar-refractivity contribution >= 4 is 0 Å². The van der Waals surface area contributed by atoms with Crippen molar-refractivity contribution in [1.29, 1.82) is 0 Å². The number of fused-ring (bicyclic) bond motifs is 3. The maximum absolute atomic E-state index is 2.54. The van der Waals surface area contributed by atoms with Crippen LogP contribution in [-0.2, 0) is 19.3 Å². The molecule has 2 fully saturated rings. The third-order valence-corrected chi connectivity index (χ3v) is 9.12. The summed E-state index contributed by atoms with van der Waals surface area (Å²) < 4.78 is 0. The lowest BCUT2D eigenvalue weighted by Gasteiger charge is -2.34. The molecule has 2 aromatic rings. The van der Waals surface area contributed by atoms with Crippen molar-refractivity contribution in [3.05, 3.63) is 58.7 Å². The van der Waals surface area contributed by atoms with E-state index in [1.807, 2.05) is 0 Å². The quantitative estimate of drug-likeness (QED) is 0.378. The van der Waals surface area contributed by atoms with Crippen LogP contribution in [0.3, 0.4) is 0 Å². The highest BCUT2D eigenvalue weighted by Crippen LogP contribution is 2.41. The molecule has 0 saturated heterocycles. The maximum atomic E-state index is 2.54. The number of rotatable bonds is 6. The lowest BCUT2D eigenvalue weighted by atomic mass is 9.72. The Kier molecular flexibility index (Phi) is 6.54. The summed E-state index contributed by atoms with van der Waals surface area (Å²) >= 11 is 0. The predicted molar refractivity (Wildman–Crippen MR) is 134 cm³/mol. The minimum Gasteiger partial charge on any atom is -0.0651 e. The van der Waals surface area contributed by atoms with E-state index in [1.54, 1.807) is 23.1 Å². The van der Waals surface area contributed by atoms with Crippen molar-refractivity contribution in [2.24, 2.45) is 23.7 Å². The van der Waals surface area contributed by atoms with Gasteiger partial charge in [-0.15, -0.1) is 0 Å². The first-order valence-electron chi connectivity index (χ1n) is 13.5. The molecule has 2 saturated carbocycles. The Morgan fingerprint density at radius 2 is 1.13 bits per heavy atom. The lowest BCUT2D eigenvalue weighted by molar-refractivity contribution is 0.189. The van der Waals surface area contributed by atoms with E-state index in [1.165, 1.54) is 80.9 Å². The van der Waals surface area contributed by atoms with Gasteiger partial charge in [0.2, 0.25) is 0 Å². The molecule has 0 bridgehead atoms. The zero-order valence-corrected chi connectivity index (χ0v) is 20.0. The number of benzene rings is 2. The first-order chi connectivity index (χ1) is 15.2. The van der Waals surface area contributed by atoms with Crippen LogP contribution >= 0.6 is 0 Å². The number of aryl methyl sites for hydroxylation is 1. The SMILES string of the molecule is CCc1ccc2c(c1)Cc1cc(CC3CCC(CC4CCC(CC)CC4)CC3)ccc1-2. The number of hydrogen-bond donors (Lipinski definition) is 0. The smallest absolute Gasteiger partial charge is 0.00133 e. The van der Waals surface area contributed by atoms with Crippen molar-refractivity contribution in [3.63, 3.8) is 0 Å². The molecule has 0 heterocycles. The molecule has 166 valence electrons. The summed E-state index contributed by atoms with van der Waals surface area (Å²) in [5.74, 6) is 4.04. The van der Waals surface area contributed by atoms with Crippen LogP contribution in [0.4, 0.5) is 0 Å². The van der Waals surface area contributed by atoms with Gasteiger partial charge < -0.3 is 0 Å². The second-order valence-electron chi connectivity index (χ2n) is 11.1. The van der Waals surface area contributed by atoms with Crippen molar-refractivity contribution in [2.75, 3.05) is 0 Å². The van der Waals surface area contributed by atoms with Gasteiger partial charge in [-0.3, -0.25) is 0 Å². The maximum Gasteiger partial charge on any atom is -0.00133 e. The van der Waals surface area contributed by atoms with Gasteiger partial charge in [-0.25, -0.2) is 0 Å². The van der Waals surface area contributed by atoms with E-state index in [0.29, 0.717) is 0 Å². The van der Waals surface area contributed by atoms with Gasteiger partial charge in [0.1, 0.15) is 0 Å². The summed E-state index contributed by atoms with van der Waals surface area (Å²) in [6, 6.07) is 14.5. The summed E-state index contributed by atoms with van der Waals surface area (Å²) in [4.78, 5) is 0. The van der Waals surface area contributed by atoms with Gasteiger partial charge in [0.25, 0.3) is 0 Å². The summed E-state index contributed by atoms with van der Waals surface area (Å²) in [6.45, 7) is 4.64. The molecular formula is C31H42. The second kappa shape index (κ2) is 9.51. The van der Waals surface area contributed by atoms with Gasteiger partial charge >= 0.3 is 0 Å². The standard InChI is InChI=1S/C31H42/c1-3-22-5-7-24(8-6-22)17-25-9-11-26(12-10-25)18-27-14-16-31-29(20-27)21-28-19-23(4-2)13-15-30(28)31/h13-16,19-20,22,24-26H,3-12,17-18,21H2,1-2H3. The summed E-state index contributed by atoms with van der Waals surface area (Å²) in [5.41, 5.74) is 9.14. The Hall–Kier alpha value is -1.56. The van der Waals surface area contributed by atoms with Gasteiger partial charge in [-0.2, -0.15) is 0 Å². The van der Waals surface area contributed by atoms with E-state index < -0.39 is 0 Å². The monoisotopic (exact) mass is 414 g/mol. The van der Waals surface area contributed by atoms with Crippen LogP contribution in [0.1, 0.15) is 100 Å². The van der Waals surface area contributed by atoms with E-state index in [9.17, 15) is 0 Å². The normalized spacial score (nSPS) is 27.7. The van der Waals surface area contributed by atoms with E-state index >= 15 is 0 Å². The van der Waals surface area contributed by atoms with Crippen LogP contribution in [0, 0.1) is 23.7 Å². The Morgan fingerprint density at radius 1 is 0.613 bits per heavy atom. The van der Waals surface area contributed by atoms with E-state index in [-0.39, 0.29) is 0 Å². The van der Waals surface area contributed by atoms with Gasteiger partial charge in [-0.1, -0.05) is 95.2 Å². The molecular weight excluding hydrogens is 372 g/mol. The van der Waals surface area contributed by atoms with E-state index in [2.05, 4.69) is 50.2 Å². The zero-order valence-electron chi connectivity index (χ0n) is 20.0. The van der Waals surface area contributed by atoms with Crippen LogP contribution in [0.25, 0.3) is 11.1 Å². The molecule has 5 rings (SSSR count). The molecule has 0 amide bonds. The van der Waals surface area contributed by atoms with Crippen molar-refractivity contribution < 1.29 is 0 Å². The highest BCUT2D eigenvalue weighted by Gasteiger charge is 2.27. The molecule has 0 atom stereocenters. The van der Waals surface area contributed by atoms with E-state index in [0.717, 1.165) is 36.5 Å². The second-order valence-corrected chi connectivity index (χ2v) is 11.1. The van der Waals surface area contributed by atoms with Crippen LogP contribution in [0.5, 0.6) is 0 Å². The molecule has 0 nitrogen and oxygen atoms in total. The molecule has 0 aliphatic heterocycles. The van der Waals surface area contributed by atoms with Crippen molar-refractivity contribution in [1.82, 2.24) is 0 Å². The third-order valence-electron chi connectivity index (χ3n) is 9.12. The average Bonchev–Trinajstić information content (AvgIpc) is 3.17. The fourth-order valence-corrected chi connectivity index (χ4v) is 7.02. The molecule has 0 aromatic heterocycles. The summed E-state index contributed by atoms with van der Waals surface area (Å²) in [6.07, 6.45) is 18.5. The highest BCUT2D eigenvalue weighted by molar-refractivity contribution is 5.77.